The smallest absolute Gasteiger partial charge is 0.319 e. The minimum atomic E-state index is -0.221. The third-order valence-electron chi connectivity index (χ3n) is 4.19. The van der Waals surface area contributed by atoms with Crippen molar-refractivity contribution >= 4 is 68.6 Å². The Morgan fingerprint density at radius 3 is 2.75 bits per heavy atom. The number of thiazole rings is 1. The molecule has 0 unspecified atom stereocenters. The molecule has 3 amide bonds. The zero-order chi connectivity index (χ0) is 19.7. The van der Waals surface area contributed by atoms with Gasteiger partial charge in [0.15, 0.2) is 5.13 Å². The van der Waals surface area contributed by atoms with Crippen LogP contribution in [0.5, 0.6) is 0 Å². The Morgan fingerprint density at radius 2 is 2.00 bits per heavy atom. The van der Waals surface area contributed by atoms with E-state index in [1.54, 1.807) is 34.5 Å². The molecule has 2 aromatic heterocycles. The molecule has 144 valence electrons. The molecule has 0 radical (unpaired) electrons. The molecule has 1 aliphatic heterocycles. The first-order chi connectivity index (χ1) is 13.5. The quantitative estimate of drug-likeness (QED) is 0.561. The Bertz CT molecular complexity index is 1040. The number of carbonyl (C=O) groups excluding carboxylic acids is 2. The second kappa shape index (κ2) is 8.08. The van der Waals surface area contributed by atoms with Crippen LogP contribution < -0.4 is 10.6 Å². The van der Waals surface area contributed by atoms with Gasteiger partial charge >= 0.3 is 6.03 Å². The lowest BCUT2D eigenvalue weighted by molar-refractivity contribution is 0.102. The van der Waals surface area contributed by atoms with Crippen molar-refractivity contribution in [2.75, 3.05) is 17.2 Å². The molecule has 2 N–H and O–H groups in total. The molecule has 0 fully saturated rings. The molecular formula is C18H14Cl2N4O2S2. The second-order valence-corrected chi connectivity index (χ2v) is 8.76. The van der Waals surface area contributed by atoms with Crippen molar-refractivity contribution in [1.29, 1.82) is 0 Å². The van der Waals surface area contributed by atoms with Gasteiger partial charge in [0.25, 0.3) is 5.91 Å². The van der Waals surface area contributed by atoms with Crippen LogP contribution in [0.4, 0.5) is 15.6 Å². The van der Waals surface area contributed by atoms with Crippen LogP contribution in [0.25, 0.3) is 0 Å². The van der Waals surface area contributed by atoms with Crippen LogP contribution in [0.2, 0.25) is 10.0 Å². The van der Waals surface area contributed by atoms with Crippen LogP contribution in [-0.4, -0.2) is 28.4 Å². The van der Waals surface area contributed by atoms with E-state index in [1.165, 1.54) is 22.7 Å². The van der Waals surface area contributed by atoms with Gasteiger partial charge in [0.1, 0.15) is 0 Å². The van der Waals surface area contributed by atoms with E-state index in [1.807, 2.05) is 5.38 Å². The molecule has 28 heavy (non-hydrogen) atoms. The number of amides is 3. The number of rotatable bonds is 3. The second-order valence-electron chi connectivity index (χ2n) is 6.09. The van der Waals surface area contributed by atoms with Gasteiger partial charge in [0.05, 0.1) is 27.8 Å². The number of hydrogen-bond acceptors (Lipinski definition) is 5. The Balaban J connectivity index is 1.41. The van der Waals surface area contributed by atoms with E-state index >= 15 is 0 Å². The standard InChI is InChI=1S/C18H14Cl2N4O2S2/c19-12-2-1-11(7-13(12)20)21-18(26)24-5-3-14-15(8-24)28-17(22-14)23-16(25)10-4-6-27-9-10/h1-2,4,6-7,9H,3,5,8H2,(H,21,26)(H,22,23,25). The first-order valence-electron chi connectivity index (χ1n) is 8.32. The van der Waals surface area contributed by atoms with Crippen LogP contribution in [-0.2, 0) is 13.0 Å². The lowest BCUT2D eigenvalue weighted by atomic mass is 10.2. The Hall–Kier alpha value is -2.13. The van der Waals surface area contributed by atoms with Gasteiger partial charge in [-0.25, -0.2) is 9.78 Å². The summed E-state index contributed by atoms with van der Waals surface area (Å²) in [6.07, 6.45) is 0.634. The SMILES string of the molecule is O=C(Nc1nc2c(s1)CN(C(=O)Nc1ccc(Cl)c(Cl)c1)CC2)c1ccsc1. The van der Waals surface area contributed by atoms with Gasteiger partial charge in [-0.1, -0.05) is 34.5 Å². The fourth-order valence-electron chi connectivity index (χ4n) is 2.76. The Morgan fingerprint density at radius 1 is 1.14 bits per heavy atom. The summed E-state index contributed by atoms with van der Waals surface area (Å²) in [4.78, 5) is 31.9. The number of benzene rings is 1. The maximum absolute atomic E-state index is 12.6. The Kier molecular flexibility index (Phi) is 5.54. The number of hydrogen-bond donors (Lipinski definition) is 2. The summed E-state index contributed by atoms with van der Waals surface area (Å²) < 4.78 is 0. The monoisotopic (exact) mass is 452 g/mol. The number of urea groups is 1. The van der Waals surface area contributed by atoms with Gasteiger partial charge in [-0.2, -0.15) is 11.3 Å². The highest BCUT2D eigenvalue weighted by molar-refractivity contribution is 7.16. The normalized spacial score (nSPS) is 13.1. The zero-order valence-electron chi connectivity index (χ0n) is 14.4. The number of anilines is 2. The van der Waals surface area contributed by atoms with E-state index in [0.717, 1.165) is 10.6 Å². The molecule has 3 heterocycles. The third-order valence-corrected chi connectivity index (χ3v) is 6.61. The molecule has 0 spiro atoms. The van der Waals surface area contributed by atoms with Crippen molar-refractivity contribution in [2.45, 2.75) is 13.0 Å². The number of aromatic nitrogens is 1. The average Bonchev–Trinajstić information content (AvgIpc) is 3.33. The predicted molar refractivity (Wildman–Crippen MR) is 114 cm³/mol. The first kappa shape index (κ1) is 19.2. The van der Waals surface area contributed by atoms with Crippen molar-refractivity contribution in [1.82, 2.24) is 9.88 Å². The maximum Gasteiger partial charge on any atom is 0.322 e. The van der Waals surface area contributed by atoms with Crippen molar-refractivity contribution in [3.8, 4) is 0 Å². The van der Waals surface area contributed by atoms with Crippen molar-refractivity contribution in [3.63, 3.8) is 0 Å². The lowest BCUT2D eigenvalue weighted by Crippen LogP contribution is -2.38. The summed E-state index contributed by atoms with van der Waals surface area (Å²) in [6.45, 7) is 0.982. The van der Waals surface area contributed by atoms with Crippen LogP contribution in [0.3, 0.4) is 0 Å². The van der Waals surface area contributed by atoms with Crippen molar-refractivity contribution < 1.29 is 9.59 Å². The first-order valence-corrected chi connectivity index (χ1v) is 10.8. The zero-order valence-corrected chi connectivity index (χ0v) is 17.5. The highest BCUT2D eigenvalue weighted by Gasteiger charge is 2.25. The van der Waals surface area contributed by atoms with Crippen LogP contribution >= 0.6 is 45.9 Å². The number of carbonyl (C=O) groups is 2. The molecule has 0 aliphatic carbocycles. The summed E-state index contributed by atoms with van der Waals surface area (Å²) in [6, 6.07) is 6.50. The number of halogens is 2. The van der Waals surface area contributed by atoms with Crippen molar-refractivity contribution in [3.05, 3.63) is 61.2 Å². The van der Waals surface area contributed by atoms with E-state index < -0.39 is 0 Å². The predicted octanol–water partition coefficient (Wildman–Crippen LogP) is 5.35. The minimum absolute atomic E-state index is 0.179. The molecule has 1 aromatic carbocycles. The number of thiophene rings is 1. The highest BCUT2D eigenvalue weighted by atomic mass is 35.5. The average molecular weight is 453 g/mol. The molecule has 3 aromatic rings. The summed E-state index contributed by atoms with van der Waals surface area (Å²) in [5.41, 5.74) is 2.11. The summed E-state index contributed by atoms with van der Waals surface area (Å²) >= 11 is 14.8. The topological polar surface area (TPSA) is 74.3 Å². The molecule has 0 saturated heterocycles. The number of nitrogens with one attached hydrogen (secondary N) is 2. The number of fused-ring (bicyclic) bond motifs is 1. The summed E-state index contributed by atoms with van der Waals surface area (Å²) in [5.74, 6) is -0.179. The molecule has 6 nitrogen and oxygen atoms in total. The van der Waals surface area contributed by atoms with E-state index in [9.17, 15) is 9.59 Å². The maximum atomic E-state index is 12.6. The fraction of sp³-hybridized carbons (Fsp3) is 0.167. The molecule has 10 heteroatoms. The van der Waals surface area contributed by atoms with E-state index in [2.05, 4.69) is 15.6 Å². The molecule has 1 aliphatic rings. The fourth-order valence-corrected chi connectivity index (χ4v) is 4.71. The van der Waals surface area contributed by atoms with Crippen LogP contribution in [0, 0.1) is 0 Å². The van der Waals surface area contributed by atoms with Gasteiger partial charge in [0.2, 0.25) is 0 Å². The van der Waals surface area contributed by atoms with E-state index in [-0.39, 0.29) is 11.9 Å². The van der Waals surface area contributed by atoms with E-state index in [4.69, 9.17) is 23.2 Å². The minimum Gasteiger partial charge on any atom is -0.319 e. The largest absolute Gasteiger partial charge is 0.322 e. The number of nitrogens with zero attached hydrogens (tertiary/aromatic N) is 2. The molecule has 0 bridgehead atoms. The van der Waals surface area contributed by atoms with Gasteiger partial charge in [0, 0.05) is 28.9 Å². The summed E-state index contributed by atoms with van der Waals surface area (Å²) in [7, 11) is 0. The van der Waals surface area contributed by atoms with Gasteiger partial charge < -0.3 is 10.2 Å². The molecular weight excluding hydrogens is 439 g/mol. The van der Waals surface area contributed by atoms with Gasteiger partial charge in [-0.15, -0.1) is 0 Å². The Labute approximate surface area is 179 Å². The molecule has 0 saturated carbocycles. The molecule has 4 rings (SSSR count). The van der Waals surface area contributed by atoms with Crippen LogP contribution in [0.15, 0.2) is 35.0 Å². The van der Waals surface area contributed by atoms with Gasteiger partial charge in [-0.05, 0) is 29.6 Å². The highest BCUT2D eigenvalue weighted by Crippen LogP contribution is 2.30. The third kappa shape index (κ3) is 4.15. The van der Waals surface area contributed by atoms with Crippen LogP contribution in [0.1, 0.15) is 20.9 Å². The lowest BCUT2D eigenvalue weighted by Gasteiger charge is -2.26. The van der Waals surface area contributed by atoms with Crippen molar-refractivity contribution in [2.24, 2.45) is 0 Å². The van der Waals surface area contributed by atoms with Gasteiger partial charge in [-0.3, -0.25) is 10.1 Å². The van der Waals surface area contributed by atoms with E-state index in [0.29, 0.717) is 45.9 Å². The summed E-state index contributed by atoms with van der Waals surface area (Å²) in [5, 5.41) is 10.7. The molecule has 0 atom stereocenters.